The van der Waals surface area contributed by atoms with Gasteiger partial charge in [0, 0.05) is 22.2 Å². The maximum absolute atomic E-state index is 13.8. The molecule has 0 bridgehead atoms. The standard InChI is InChI=1S/C13H8ClFN2O/c1-18-13-5-11(12(15)7-17-13)10-4-9(14)3-2-8(10)6-16/h2-5,7H,1H3. The van der Waals surface area contributed by atoms with Gasteiger partial charge in [-0.25, -0.2) is 9.37 Å². The van der Waals surface area contributed by atoms with E-state index in [0.29, 0.717) is 16.1 Å². The van der Waals surface area contributed by atoms with Crippen LogP contribution < -0.4 is 4.74 Å². The number of rotatable bonds is 2. The second-order valence-electron chi connectivity index (χ2n) is 3.51. The SMILES string of the molecule is COc1cc(-c2cc(Cl)ccc2C#N)c(F)cn1. The minimum atomic E-state index is -0.533. The molecule has 3 nitrogen and oxygen atoms in total. The van der Waals surface area contributed by atoms with E-state index in [1.54, 1.807) is 12.1 Å². The van der Waals surface area contributed by atoms with E-state index in [4.69, 9.17) is 21.6 Å². The minimum absolute atomic E-state index is 0.237. The molecule has 1 aromatic carbocycles. The van der Waals surface area contributed by atoms with Gasteiger partial charge in [0.05, 0.1) is 24.9 Å². The van der Waals surface area contributed by atoms with Gasteiger partial charge >= 0.3 is 0 Å². The molecule has 18 heavy (non-hydrogen) atoms. The van der Waals surface area contributed by atoms with Gasteiger partial charge in [-0.05, 0) is 18.2 Å². The molecule has 0 fully saturated rings. The highest BCUT2D eigenvalue weighted by Gasteiger charge is 2.12. The van der Waals surface area contributed by atoms with Crippen LogP contribution in [-0.4, -0.2) is 12.1 Å². The van der Waals surface area contributed by atoms with E-state index < -0.39 is 5.82 Å². The van der Waals surface area contributed by atoms with Gasteiger partial charge in [0.25, 0.3) is 0 Å². The first-order valence-electron chi connectivity index (χ1n) is 5.05. The van der Waals surface area contributed by atoms with E-state index in [9.17, 15) is 4.39 Å². The van der Waals surface area contributed by atoms with Crippen LogP contribution in [0.5, 0.6) is 5.88 Å². The largest absolute Gasteiger partial charge is 0.481 e. The van der Waals surface area contributed by atoms with E-state index in [1.165, 1.54) is 19.2 Å². The van der Waals surface area contributed by atoms with Crippen LogP contribution in [0.1, 0.15) is 5.56 Å². The van der Waals surface area contributed by atoms with Gasteiger partial charge in [0.2, 0.25) is 5.88 Å². The zero-order valence-electron chi connectivity index (χ0n) is 9.45. The molecule has 2 rings (SSSR count). The molecule has 2 aromatic rings. The summed E-state index contributed by atoms with van der Waals surface area (Å²) in [4.78, 5) is 3.75. The van der Waals surface area contributed by atoms with Crippen molar-refractivity contribution in [3.05, 3.63) is 46.9 Å². The van der Waals surface area contributed by atoms with Crippen LogP contribution in [-0.2, 0) is 0 Å². The first-order valence-corrected chi connectivity index (χ1v) is 5.43. The Morgan fingerprint density at radius 2 is 2.11 bits per heavy atom. The fraction of sp³-hybridized carbons (Fsp3) is 0.0769. The van der Waals surface area contributed by atoms with Crippen molar-refractivity contribution in [2.45, 2.75) is 0 Å². The monoisotopic (exact) mass is 262 g/mol. The van der Waals surface area contributed by atoms with Gasteiger partial charge in [0.1, 0.15) is 5.82 Å². The lowest BCUT2D eigenvalue weighted by Crippen LogP contribution is -1.93. The first kappa shape index (κ1) is 12.3. The molecule has 0 aliphatic rings. The van der Waals surface area contributed by atoms with E-state index in [2.05, 4.69) is 4.98 Å². The topological polar surface area (TPSA) is 45.9 Å². The predicted molar refractivity (Wildman–Crippen MR) is 65.9 cm³/mol. The third-order valence-electron chi connectivity index (χ3n) is 2.43. The van der Waals surface area contributed by atoms with Crippen LogP contribution in [0.15, 0.2) is 30.5 Å². The van der Waals surface area contributed by atoms with Gasteiger partial charge in [0.15, 0.2) is 0 Å². The van der Waals surface area contributed by atoms with Crippen LogP contribution in [0, 0.1) is 17.1 Å². The van der Waals surface area contributed by atoms with Crippen LogP contribution >= 0.6 is 11.6 Å². The van der Waals surface area contributed by atoms with Gasteiger partial charge < -0.3 is 4.74 Å². The van der Waals surface area contributed by atoms with Crippen molar-refractivity contribution in [3.63, 3.8) is 0 Å². The van der Waals surface area contributed by atoms with Gasteiger partial charge in [-0.15, -0.1) is 0 Å². The van der Waals surface area contributed by atoms with Crippen LogP contribution in [0.25, 0.3) is 11.1 Å². The summed E-state index contributed by atoms with van der Waals surface area (Å²) in [5, 5.41) is 9.46. The Bertz CT molecular complexity index is 637. The summed E-state index contributed by atoms with van der Waals surface area (Å²) in [6.07, 6.45) is 1.05. The highest BCUT2D eigenvalue weighted by atomic mass is 35.5. The van der Waals surface area contributed by atoms with Crippen molar-refractivity contribution in [1.29, 1.82) is 5.26 Å². The highest BCUT2D eigenvalue weighted by molar-refractivity contribution is 6.30. The van der Waals surface area contributed by atoms with Crippen LogP contribution in [0.4, 0.5) is 4.39 Å². The Balaban J connectivity index is 2.68. The Morgan fingerprint density at radius 1 is 1.33 bits per heavy atom. The van der Waals surface area contributed by atoms with Crippen molar-refractivity contribution < 1.29 is 9.13 Å². The number of halogens is 2. The predicted octanol–water partition coefficient (Wildman–Crippen LogP) is 3.42. The molecular weight excluding hydrogens is 255 g/mol. The molecule has 0 amide bonds. The third-order valence-corrected chi connectivity index (χ3v) is 2.67. The number of aromatic nitrogens is 1. The summed E-state index contributed by atoms with van der Waals surface area (Å²) in [6.45, 7) is 0. The normalized spacial score (nSPS) is 9.89. The lowest BCUT2D eigenvalue weighted by Gasteiger charge is -2.07. The van der Waals surface area contributed by atoms with Crippen LogP contribution in [0.3, 0.4) is 0 Å². The fourth-order valence-electron chi connectivity index (χ4n) is 1.57. The average Bonchev–Trinajstić information content (AvgIpc) is 2.39. The van der Waals surface area contributed by atoms with Crippen molar-refractivity contribution in [2.75, 3.05) is 7.11 Å². The number of nitrogens with zero attached hydrogens (tertiary/aromatic N) is 2. The zero-order chi connectivity index (χ0) is 13.1. The number of hydrogen-bond donors (Lipinski definition) is 0. The molecule has 5 heteroatoms. The van der Waals surface area contributed by atoms with Gasteiger partial charge in [-0.2, -0.15) is 5.26 Å². The number of nitriles is 1. The zero-order valence-corrected chi connectivity index (χ0v) is 10.2. The number of methoxy groups -OCH3 is 1. The molecule has 0 aliphatic heterocycles. The van der Waals surface area contributed by atoms with E-state index in [-0.39, 0.29) is 11.4 Å². The van der Waals surface area contributed by atoms with E-state index in [1.807, 2.05) is 6.07 Å². The van der Waals surface area contributed by atoms with Gasteiger partial charge in [-0.1, -0.05) is 11.6 Å². The Morgan fingerprint density at radius 3 is 2.78 bits per heavy atom. The molecule has 1 heterocycles. The Labute approximate surface area is 108 Å². The highest BCUT2D eigenvalue weighted by Crippen LogP contribution is 2.30. The lowest BCUT2D eigenvalue weighted by atomic mass is 10.0. The summed E-state index contributed by atoms with van der Waals surface area (Å²) in [5.41, 5.74) is 0.996. The third kappa shape index (κ3) is 2.27. The summed E-state index contributed by atoms with van der Waals surface area (Å²) in [7, 11) is 1.44. The average molecular weight is 263 g/mol. The molecule has 0 N–H and O–H groups in total. The number of hydrogen-bond acceptors (Lipinski definition) is 3. The Hall–Kier alpha value is -2.12. The van der Waals surface area contributed by atoms with Crippen molar-refractivity contribution in [2.24, 2.45) is 0 Å². The maximum Gasteiger partial charge on any atom is 0.213 e. The van der Waals surface area contributed by atoms with E-state index >= 15 is 0 Å². The molecular formula is C13H8ClFN2O. The summed E-state index contributed by atoms with van der Waals surface area (Å²) in [5.74, 6) is -0.259. The lowest BCUT2D eigenvalue weighted by molar-refractivity contribution is 0.396. The molecule has 90 valence electrons. The summed E-state index contributed by atoms with van der Waals surface area (Å²) < 4.78 is 18.7. The first-order chi connectivity index (χ1) is 8.65. The summed E-state index contributed by atoms with van der Waals surface area (Å²) in [6, 6.07) is 8.10. The molecule has 0 atom stereocenters. The molecule has 0 unspecified atom stereocenters. The van der Waals surface area contributed by atoms with E-state index in [0.717, 1.165) is 6.20 Å². The van der Waals surface area contributed by atoms with Crippen LogP contribution in [0.2, 0.25) is 5.02 Å². The smallest absolute Gasteiger partial charge is 0.213 e. The molecule has 0 radical (unpaired) electrons. The fourth-order valence-corrected chi connectivity index (χ4v) is 1.75. The van der Waals surface area contributed by atoms with Crippen molar-refractivity contribution in [1.82, 2.24) is 4.98 Å². The maximum atomic E-state index is 13.8. The minimum Gasteiger partial charge on any atom is -0.481 e. The molecule has 0 spiro atoms. The second kappa shape index (κ2) is 5.03. The second-order valence-corrected chi connectivity index (χ2v) is 3.94. The molecule has 1 aromatic heterocycles. The molecule has 0 aliphatic carbocycles. The number of ether oxygens (including phenoxy) is 1. The number of pyridine rings is 1. The Kier molecular flexibility index (Phi) is 3.45. The van der Waals surface area contributed by atoms with Gasteiger partial charge in [-0.3, -0.25) is 0 Å². The van der Waals surface area contributed by atoms with Crippen molar-refractivity contribution in [3.8, 4) is 23.1 Å². The molecule has 0 saturated carbocycles. The van der Waals surface area contributed by atoms with Crippen molar-refractivity contribution >= 4 is 11.6 Å². The summed E-state index contributed by atoms with van der Waals surface area (Å²) >= 11 is 5.87. The quantitative estimate of drug-likeness (QED) is 0.833. The number of benzene rings is 1. The molecule has 0 saturated heterocycles.